The van der Waals surface area contributed by atoms with Crippen molar-refractivity contribution in [2.45, 2.75) is 31.3 Å². The lowest BCUT2D eigenvalue weighted by Crippen LogP contribution is -2.20. The predicted molar refractivity (Wildman–Crippen MR) is 152 cm³/mol. The molecule has 0 aliphatic rings. The molecule has 1 aromatic heterocycles. The van der Waals surface area contributed by atoms with Crippen LogP contribution >= 0.6 is 11.8 Å². The monoisotopic (exact) mass is 529 g/mol. The highest BCUT2D eigenvalue weighted by Gasteiger charge is 2.19. The van der Waals surface area contributed by atoms with Crippen LogP contribution in [0.15, 0.2) is 83.1 Å². The molecule has 0 spiro atoms. The van der Waals surface area contributed by atoms with E-state index in [0.717, 1.165) is 16.8 Å². The van der Waals surface area contributed by atoms with E-state index in [1.807, 2.05) is 41.0 Å². The van der Waals surface area contributed by atoms with Gasteiger partial charge in [0.25, 0.3) is 5.91 Å². The van der Waals surface area contributed by atoms with E-state index in [4.69, 9.17) is 9.47 Å². The summed E-state index contributed by atoms with van der Waals surface area (Å²) in [6.45, 7) is 6.56. The van der Waals surface area contributed by atoms with E-state index in [-0.39, 0.29) is 17.1 Å². The van der Waals surface area contributed by atoms with Gasteiger partial charge in [0.1, 0.15) is 0 Å². The Bertz CT molecular complexity index is 1410. The topological polar surface area (TPSA) is 90.6 Å². The van der Waals surface area contributed by atoms with Gasteiger partial charge in [0.2, 0.25) is 0 Å². The van der Waals surface area contributed by atoms with Crippen molar-refractivity contribution in [3.63, 3.8) is 0 Å². The number of carbonyl (C=O) groups is 1. The number of nitrogens with zero attached hydrogens (tertiary/aromatic N) is 4. The Balaban J connectivity index is 1.49. The van der Waals surface area contributed by atoms with Crippen molar-refractivity contribution in [1.29, 1.82) is 0 Å². The first kappa shape index (κ1) is 26.9. The molecule has 8 nitrogen and oxygen atoms in total. The summed E-state index contributed by atoms with van der Waals surface area (Å²) >= 11 is 1.30. The zero-order valence-electron chi connectivity index (χ0n) is 22.1. The molecule has 3 aromatic carbocycles. The molecule has 0 saturated heterocycles. The lowest BCUT2D eigenvalue weighted by Gasteiger charge is -2.19. The first-order valence-electron chi connectivity index (χ1n) is 12.1. The van der Waals surface area contributed by atoms with Crippen molar-refractivity contribution in [3.8, 4) is 28.6 Å². The average Bonchev–Trinajstić information content (AvgIpc) is 3.36. The lowest BCUT2D eigenvalue weighted by atomic mass is 9.87. The zero-order chi connectivity index (χ0) is 27.1. The molecule has 38 heavy (non-hydrogen) atoms. The molecule has 196 valence electrons. The van der Waals surface area contributed by atoms with Crippen LogP contribution in [0.1, 0.15) is 31.9 Å². The van der Waals surface area contributed by atoms with Gasteiger partial charge in [-0.3, -0.25) is 9.36 Å². The minimum atomic E-state index is -0.259. The summed E-state index contributed by atoms with van der Waals surface area (Å²) < 4.78 is 12.5. The van der Waals surface area contributed by atoms with Gasteiger partial charge < -0.3 is 9.47 Å². The molecular formula is C29H31N5O3S. The highest BCUT2D eigenvalue weighted by Crippen LogP contribution is 2.30. The Morgan fingerprint density at radius 3 is 2.34 bits per heavy atom. The van der Waals surface area contributed by atoms with Gasteiger partial charge in [0.05, 0.1) is 26.2 Å². The minimum absolute atomic E-state index is 0.0575. The van der Waals surface area contributed by atoms with E-state index >= 15 is 0 Å². The smallest absolute Gasteiger partial charge is 0.250 e. The molecule has 0 bridgehead atoms. The molecule has 0 aliphatic carbocycles. The van der Waals surface area contributed by atoms with Crippen molar-refractivity contribution in [3.05, 3.63) is 83.9 Å². The summed E-state index contributed by atoms with van der Waals surface area (Å²) in [6, 6.07) is 23.6. The number of rotatable bonds is 9. The van der Waals surface area contributed by atoms with E-state index in [9.17, 15) is 4.79 Å². The Kier molecular flexibility index (Phi) is 8.48. The van der Waals surface area contributed by atoms with Crippen molar-refractivity contribution in [1.82, 2.24) is 20.2 Å². The van der Waals surface area contributed by atoms with Crippen LogP contribution < -0.4 is 14.9 Å². The molecule has 0 aliphatic heterocycles. The quantitative estimate of drug-likeness (QED) is 0.175. The van der Waals surface area contributed by atoms with Crippen molar-refractivity contribution in [2.75, 3.05) is 20.0 Å². The van der Waals surface area contributed by atoms with Crippen molar-refractivity contribution in [2.24, 2.45) is 5.10 Å². The number of nitrogens with one attached hydrogen (secondary N) is 1. The molecule has 0 saturated carbocycles. The number of hydrazone groups is 1. The normalized spacial score (nSPS) is 11.5. The molecule has 4 rings (SSSR count). The third kappa shape index (κ3) is 6.41. The second-order valence-corrected chi connectivity index (χ2v) is 10.4. The van der Waals surface area contributed by atoms with E-state index in [0.29, 0.717) is 22.5 Å². The second-order valence-electron chi connectivity index (χ2n) is 9.50. The molecule has 4 aromatic rings. The number of carbonyl (C=O) groups excluding carboxylic acids is 1. The Morgan fingerprint density at radius 2 is 1.68 bits per heavy atom. The van der Waals surface area contributed by atoms with Gasteiger partial charge in [-0.2, -0.15) is 5.10 Å². The number of aromatic nitrogens is 3. The van der Waals surface area contributed by atoms with Crippen LogP contribution in [-0.4, -0.2) is 46.9 Å². The summed E-state index contributed by atoms with van der Waals surface area (Å²) in [7, 11) is 3.14. The molecule has 1 amide bonds. The van der Waals surface area contributed by atoms with E-state index < -0.39 is 0 Å². The number of hydrogen-bond acceptors (Lipinski definition) is 7. The number of thioether (sulfide) groups is 1. The third-order valence-electron chi connectivity index (χ3n) is 5.80. The zero-order valence-corrected chi connectivity index (χ0v) is 23.0. The maximum absolute atomic E-state index is 12.5. The standard InChI is InChI=1S/C29H31N5O3S/c1-29(2,3)22-14-12-21(13-15-22)27-32-33-28(34(27)23-9-7-6-8-10-23)38-19-26(35)31-30-18-20-11-16-24(36-4)25(17-20)37-5/h6-18H,19H2,1-5H3,(H,31,35). The number of amides is 1. The first-order valence-corrected chi connectivity index (χ1v) is 13.1. The van der Waals surface area contributed by atoms with Crippen LogP contribution in [0.4, 0.5) is 0 Å². The fourth-order valence-corrected chi connectivity index (χ4v) is 4.50. The highest BCUT2D eigenvalue weighted by molar-refractivity contribution is 7.99. The molecule has 0 unspecified atom stereocenters. The van der Waals surface area contributed by atoms with Gasteiger partial charge >= 0.3 is 0 Å². The second kappa shape index (κ2) is 12.0. The SMILES string of the molecule is COc1ccc(C=NNC(=O)CSc2nnc(-c3ccc(C(C)(C)C)cc3)n2-c2ccccc2)cc1OC. The fourth-order valence-electron chi connectivity index (χ4n) is 3.75. The van der Waals surface area contributed by atoms with Crippen LogP contribution in [0.2, 0.25) is 0 Å². The molecule has 1 N–H and O–H groups in total. The Morgan fingerprint density at radius 1 is 0.974 bits per heavy atom. The van der Waals surface area contributed by atoms with E-state index in [2.05, 4.69) is 65.8 Å². The molecule has 0 fully saturated rings. The van der Waals surface area contributed by atoms with Crippen LogP contribution in [0, 0.1) is 0 Å². The molecular weight excluding hydrogens is 498 g/mol. The molecule has 0 atom stereocenters. The maximum atomic E-state index is 12.5. The molecule has 1 heterocycles. The Labute approximate surface area is 227 Å². The van der Waals surface area contributed by atoms with Crippen LogP contribution in [0.25, 0.3) is 17.1 Å². The van der Waals surface area contributed by atoms with Gasteiger partial charge in [0, 0.05) is 11.3 Å². The minimum Gasteiger partial charge on any atom is -0.493 e. The average molecular weight is 530 g/mol. The van der Waals surface area contributed by atoms with Crippen LogP contribution in [-0.2, 0) is 10.2 Å². The van der Waals surface area contributed by atoms with Crippen molar-refractivity contribution < 1.29 is 14.3 Å². The summed E-state index contributed by atoms with van der Waals surface area (Å²) in [4.78, 5) is 12.5. The number of hydrogen-bond donors (Lipinski definition) is 1. The third-order valence-corrected chi connectivity index (χ3v) is 6.73. The van der Waals surface area contributed by atoms with Gasteiger partial charge in [-0.25, -0.2) is 5.43 Å². The molecule has 9 heteroatoms. The van der Waals surface area contributed by atoms with Gasteiger partial charge in [0.15, 0.2) is 22.5 Å². The van der Waals surface area contributed by atoms with Gasteiger partial charge in [-0.1, -0.05) is 75.0 Å². The Hall–Kier alpha value is -4.11. The highest BCUT2D eigenvalue weighted by atomic mass is 32.2. The van der Waals surface area contributed by atoms with Crippen molar-refractivity contribution >= 4 is 23.9 Å². The van der Waals surface area contributed by atoms with Crippen LogP contribution in [0.5, 0.6) is 11.5 Å². The lowest BCUT2D eigenvalue weighted by molar-refractivity contribution is -0.118. The van der Waals surface area contributed by atoms with E-state index in [1.54, 1.807) is 32.6 Å². The maximum Gasteiger partial charge on any atom is 0.250 e. The first-order chi connectivity index (χ1) is 18.3. The fraction of sp³-hybridized carbons (Fsp3) is 0.241. The number of benzene rings is 3. The molecule has 0 radical (unpaired) electrons. The van der Waals surface area contributed by atoms with Gasteiger partial charge in [-0.15, -0.1) is 10.2 Å². The van der Waals surface area contributed by atoms with Crippen LogP contribution in [0.3, 0.4) is 0 Å². The summed E-state index contributed by atoms with van der Waals surface area (Å²) in [5.41, 5.74) is 6.50. The number of methoxy groups -OCH3 is 2. The number of ether oxygens (including phenoxy) is 2. The predicted octanol–water partition coefficient (Wildman–Crippen LogP) is 5.49. The summed E-state index contributed by atoms with van der Waals surface area (Å²) in [5.74, 6) is 1.79. The largest absolute Gasteiger partial charge is 0.493 e. The number of para-hydroxylation sites is 1. The van der Waals surface area contributed by atoms with E-state index in [1.165, 1.54) is 17.3 Å². The summed E-state index contributed by atoms with van der Waals surface area (Å²) in [5, 5.41) is 13.6. The van der Waals surface area contributed by atoms with Gasteiger partial charge in [-0.05, 0) is 46.9 Å². The summed E-state index contributed by atoms with van der Waals surface area (Å²) in [6.07, 6.45) is 1.55.